The number of carbonyl (C=O) groups excluding carboxylic acids is 1. The van der Waals surface area contributed by atoms with Crippen LogP contribution >= 0.6 is 24.0 Å². The summed E-state index contributed by atoms with van der Waals surface area (Å²) in [6, 6.07) is 15.5. The lowest BCUT2D eigenvalue weighted by Gasteiger charge is -2.10. The molecule has 5 nitrogen and oxygen atoms in total. The topological polar surface area (TPSA) is 56.8 Å². The van der Waals surface area contributed by atoms with Crippen molar-refractivity contribution in [3.63, 3.8) is 0 Å². The van der Waals surface area contributed by atoms with Crippen molar-refractivity contribution in [2.24, 2.45) is 0 Å². The molecular formula is C21H21NO4S2. The van der Waals surface area contributed by atoms with Crippen molar-refractivity contribution in [3.8, 4) is 11.5 Å². The zero-order valence-corrected chi connectivity index (χ0v) is 17.1. The molecule has 1 aliphatic rings. The molecule has 0 bridgehead atoms. The van der Waals surface area contributed by atoms with Crippen LogP contribution in [0.4, 0.5) is 0 Å². The predicted molar refractivity (Wildman–Crippen MR) is 116 cm³/mol. The molecule has 1 N–H and O–H groups in total. The van der Waals surface area contributed by atoms with Crippen molar-refractivity contribution in [2.75, 3.05) is 26.4 Å². The fraction of sp³-hybridized carbons (Fsp3) is 0.238. The molecule has 0 unspecified atom stereocenters. The van der Waals surface area contributed by atoms with Gasteiger partial charge in [0.25, 0.3) is 5.91 Å². The van der Waals surface area contributed by atoms with Crippen molar-refractivity contribution in [2.45, 2.75) is 6.92 Å². The smallest absolute Gasteiger partial charge is 0.263 e. The minimum atomic E-state index is -0.179. The second-order valence-electron chi connectivity index (χ2n) is 6.01. The summed E-state index contributed by atoms with van der Waals surface area (Å²) in [7, 11) is 0. The highest BCUT2D eigenvalue weighted by molar-refractivity contribution is 8.26. The van der Waals surface area contributed by atoms with Gasteiger partial charge in [0.1, 0.15) is 29.0 Å². The van der Waals surface area contributed by atoms with Crippen LogP contribution in [0.5, 0.6) is 11.5 Å². The van der Waals surface area contributed by atoms with Crippen LogP contribution in [-0.2, 0) is 9.53 Å². The molecule has 1 fully saturated rings. The number of hydrogen-bond donors (Lipinski definition) is 1. The van der Waals surface area contributed by atoms with Crippen molar-refractivity contribution in [1.82, 2.24) is 5.32 Å². The summed E-state index contributed by atoms with van der Waals surface area (Å²) < 4.78 is 17.4. The van der Waals surface area contributed by atoms with Gasteiger partial charge in [-0.25, -0.2) is 0 Å². The van der Waals surface area contributed by atoms with E-state index < -0.39 is 0 Å². The number of nitrogens with one attached hydrogen (secondary N) is 1. The number of amides is 1. The molecule has 2 aromatic rings. The molecule has 1 heterocycles. The molecule has 0 radical (unpaired) electrons. The largest absolute Gasteiger partial charge is 0.491 e. The van der Waals surface area contributed by atoms with Gasteiger partial charge in [-0.2, -0.15) is 0 Å². The highest BCUT2D eigenvalue weighted by atomic mass is 32.2. The van der Waals surface area contributed by atoms with Gasteiger partial charge in [0.15, 0.2) is 0 Å². The molecule has 2 aromatic carbocycles. The van der Waals surface area contributed by atoms with Gasteiger partial charge in [0.05, 0.1) is 18.1 Å². The van der Waals surface area contributed by atoms with Gasteiger partial charge in [-0.3, -0.25) is 4.79 Å². The zero-order valence-electron chi connectivity index (χ0n) is 15.5. The van der Waals surface area contributed by atoms with E-state index in [1.165, 1.54) is 17.3 Å². The first-order chi connectivity index (χ1) is 13.6. The number of para-hydroxylation sites is 1. The third-order valence-electron chi connectivity index (χ3n) is 3.85. The molecule has 0 aliphatic carbocycles. The Kier molecular flexibility index (Phi) is 7.47. The maximum absolute atomic E-state index is 11.8. The maximum atomic E-state index is 11.8. The van der Waals surface area contributed by atoms with Crippen LogP contribution in [0.1, 0.15) is 11.1 Å². The molecule has 1 aliphatic heterocycles. The van der Waals surface area contributed by atoms with Gasteiger partial charge in [-0.1, -0.05) is 59.9 Å². The van der Waals surface area contributed by atoms with Crippen LogP contribution in [0.2, 0.25) is 0 Å². The van der Waals surface area contributed by atoms with Crippen molar-refractivity contribution < 1.29 is 19.0 Å². The Balaban J connectivity index is 1.40. The van der Waals surface area contributed by atoms with E-state index >= 15 is 0 Å². The van der Waals surface area contributed by atoms with Crippen LogP contribution in [0.25, 0.3) is 6.08 Å². The molecule has 0 spiro atoms. The van der Waals surface area contributed by atoms with Gasteiger partial charge in [0, 0.05) is 5.56 Å². The van der Waals surface area contributed by atoms with Gasteiger partial charge >= 0.3 is 0 Å². The van der Waals surface area contributed by atoms with E-state index in [0.29, 0.717) is 41.4 Å². The maximum Gasteiger partial charge on any atom is 0.263 e. The standard InChI is InChI=1S/C21H21NO4S2/c1-15-6-8-17(9-7-15)25-12-10-24-11-13-26-18-5-3-2-4-16(18)14-19-20(23)22-21(27)28-19/h2-9,14H,10-13H2,1H3,(H,22,23,27)/b19-14+. The van der Waals surface area contributed by atoms with Crippen LogP contribution < -0.4 is 14.8 Å². The second kappa shape index (κ2) is 10.3. The van der Waals surface area contributed by atoms with Gasteiger partial charge in [-0.15, -0.1) is 0 Å². The molecule has 7 heteroatoms. The quantitative estimate of drug-likeness (QED) is 0.380. The zero-order chi connectivity index (χ0) is 19.8. The number of benzene rings is 2. The monoisotopic (exact) mass is 415 g/mol. The van der Waals surface area contributed by atoms with Crippen LogP contribution in [-0.4, -0.2) is 36.7 Å². The van der Waals surface area contributed by atoms with Gasteiger partial charge < -0.3 is 19.5 Å². The average molecular weight is 416 g/mol. The fourth-order valence-corrected chi connectivity index (χ4v) is 3.49. The predicted octanol–water partition coefficient (Wildman–Crippen LogP) is 3.96. The molecule has 146 valence electrons. The Labute approximate surface area is 174 Å². The Morgan fingerprint density at radius 2 is 1.71 bits per heavy atom. The molecule has 0 saturated carbocycles. The van der Waals surface area contributed by atoms with E-state index in [0.717, 1.165) is 11.3 Å². The van der Waals surface area contributed by atoms with E-state index in [1.807, 2.05) is 55.5 Å². The lowest BCUT2D eigenvalue weighted by Crippen LogP contribution is -2.17. The highest BCUT2D eigenvalue weighted by Gasteiger charge is 2.22. The summed E-state index contributed by atoms with van der Waals surface area (Å²) in [5, 5.41) is 2.61. The summed E-state index contributed by atoms with van der Waals surface area (Å²) in [5.74, 6) is 1.35. The molecule has 0 aromatic heterocycles. The molecule has 0 atom stereocenters. The Morgan fingerprint density at radius 1 is 1.00 bits per heavy atom. The van der Waals surface area contributed by atoms with Crippen LogP contribution in [0.15, 0.2) is 53.4 Å². The summed E-state index contributed by atoms with van der Waals surface area (Å²) in [4.78, 5) is 12.4. The fourth-order valence-electron chi connectivity index (χ4n) is 2.46. The number of rotatable bonds is 9. The summed E-state index contributed by atoms with van der Waals surface area (Å²) in [6.07, 6.45) is 1.78. The minimum absolute atomic E-state index is 0.179. The molecule has 28 heavy (non-hydrogen) atoms. The van der Waals surface area contributed by atoms with Crippen LogP contribution in [0, 0.1) is 6.92 Å². The number of aryl methyl sites for hydroxylation is 1. The number of thiocarbonyl (C=S) groups is 1. The lowest BCUT2D eigenvalue weighted by atomic mass is 10.2. The van der Waals surface area contributed by atoms with Crippen molar-refractivity contribution in [1.29, 1.82) is 0 Å². The summed E-state index contributed by atoms with van der Waals surface area (Å²) in [6.45, 7) is 3.86. The first-order valence-electron chi connectivity index (χ1n) is 8.86. The Hall–Kier alpha value is -2.35. The van der Waals surface area contributed by atoms with E-state index in [2.05, 4.69) is 5.32 Å². The summed E-state index contributed by atoms with van der Waals surface area (Å²) in [5.41, 5.74) is 2.03. The van der Waals surface area contributed by atoms with E-state index in [9.17, 15) is 4.79 Å². The SMILES string of the molecule is Cc1ccc(OCCOCCOc2ccccc2/C=C2/SC(=S)NC2=O)cc1. The van der Waals surface area contributed by atoms with E-state index in [4.69, 9.17) is 26.4 Å². The van der Waals surface area contributed by atoms with E-state index in [-0.39, 0.29) is 5.91 Å². The summed E-state index contributed by atoms with van der Waals surface area (Å²) >= 11 is 6.26. The first kappa shape index (κ1) is 20.4. The second-order valence-corrected chi connectivity index (χ2v) is 7.73. The third-order valence-corrected chi connectivity index (χ3v) is 5.01. The molecular weight excluding hydrogens is 394 g/mol. The first-order valence-corrected chi connectivity index (χ1v) is 10.1. The third kappa shape index (κ3) is 6.09. The average Bonchev–Trinajstić information content (AvgIpc) is 3.00. The Morgan fingerprint density at radius 3 is 2.43 bits per heavy atom. The van der Waals surface area contributed by atoms with Gasteiger partial charge in [-0.05, 0) is 31.2 Å². The normalized spacial score (nSPS) is 15.0. The van der Waals surface area contributed by atoms with E-state index in [1.54, 1.807) is 6.08 Å². The molecule has 3 rings (SSSR count). The number of carbonyl (C=O) groups is 1. The highest BCUT2D eigenvalue weighted by Crippen LogP contribution is 2.29. The lowest BCUT2D eigenvalue weighted by molar-refractivity contribution is -0.115. The van der Waals surface area contributed by atoms with Crippen LogP contribution in [0.3, 0.4) is 0 Å². The van der Waals surface area contributed by atoms with Gasteiger partial charge in [0.2, 0.25) is 0 Å². The molecule has 1 saturated heterocycles. The Bertz CT molecular complexity index is 865. The molecule has 1 amide bonds. The minimum Gasteiger partial charge on any atom is -0.491 e. The number of hydrogen-bond acceptors (Lipinski definition) is 6. The van der Waals surface area contributed by atoms with Crippen molar-refractivity contribution >= 4 is 40.3 Å². The number of thioether (sulfide) groups is 1. The van der Waals surface area contributed by atoms with Crippen molar-refractivity contribution in [3.05, 3.63) is 64.6 Å². The number of ether oxygens (including phenoxy) is 3.